The minimum Gasteiger partial charge on any atom is -0.344 e. The lowest BCUT2D eigenvalue weighted by molar-refractivity contribution is 0.0832. The van der Waals surface area contributed by atoms with Gasteiger partial charge in [-0.25, -0.2) is 4.98 Å². The molecule has 1 heterocycles. The van der Waals surface area contributed by atoms with E-state index in [0.29, 0.717) is 4.88 Å². The predicted molar refractivity (Wildman–Crippen MR) is 65.6 cm³/mol. The van der Waals surface area contributed by atoms with Crippen molar-refractivity contribution < 1.29 is 4.79 Å². The van der Waals surface area contributed by atoms with Gasteiger partial charge in [0.25, 0.3) is 5.91 Å². The molecular formula is C12H12N2OS. The van der Waals surface area contributed by atoms with Crippen LogP contribution in [0.3, 0.4) is 0 Å². The highest BCUT2D eigenvalue weighted by Crippen LogP contribution is 2.25. The summed E-state index contributed by atoms with van der Waals surface area (Å²) in [6, 6.07) is 9.75. The van der Waals surface area contributed by atoms with Crippen molar-refractivity contribution in [1.82, 2.24) is 9.88 Å². The number of carbonyl (C=O) groups excluding carboxylic acids is 1. The summed E-state index contributed by atoms with van der Waals surface area (Å²) in [4.78, 5) is 18.4. The van der Waals surface area contributed by atoms with Crippen LogP contribution in [0.25, 0.3) is 11.3 Å². The van der Waals surface area contributed by atoms with E-state index in [-0.39, 0.29) is 5.91 Å². The molecule has 4 heteroatoms. The molecule has 2 aromatic rings. The summed E-state index contributed by atoms with van der Waals surface area (Å²) in [5, 5.41) is 0. The zero-order valence-corrected chi connectivity index (χ0v) is 9.99. The second-order valence-corrected chi connectivity index (χ2v) is 4.45. The molecule has 0 aliphatic heterocycles. The number of nitrogens with zero attached hydrogens (tertiary/aromatic N) is 2. The van der Waals surface area contributed by atoms with Gasteiger partial charge in [0, 0.05) is 19.7 Å². The Kier molecular flexibility index (Phi) is 3.01. The Bertz CT molecular complexity index is 491. The van der Waals surface area contributed by atoms with E-state index < -0.39 is 0 Å². The van der Waals surface area contributed by atoms with Crippen LogP contribution in [-0.2, 0) is 0 Å². The number of thiazole rings is 1. The lowest BCUT2D eigenvalue weighted by atomic mass is 10.1. The highest BCUT2D eigenvalue weighted by Gasteiger charge is 2.17. The normalized spacial score (nSPS) is 10.1. The number of amides is 1. The Morgan fingerprint density at radius 1 is 1.25 bits per heavy atom. The van der Waals surface area contributed by atoms with E-state index >= 15 is 0 Å². The first kappa shape index (κ1) is 10.8. The number of rotatable bonds is 2. The maximum Gasteiger partial charge on any atom is 0.265 e. The molecule has 0 saturated heterocycles. The van der Waals surface area contributed by atoms with Gasteiger partial charge in [-0.05, 0) is 0 Å². The van der Waals surface area contributed by atoms with Crippen molar-refractivity contribution in [1.29, 1.82) is 0 Å². The number of hydrogen-bond donors (Lipinski definition) is 0. The standard InChI is InChI=1S/C12H12N2OS/c1-14(2)12(15)11-10(13-8-16-11)9-6-4-3-5-7-9/h3-8H,1-2H3. The Labute approximate surface area is 98.4 Å². The van der Waals surface area contributed by atoms with Crippen molar-refractivity contribution in [2.75, 3.05) is 14.1 Å². The maximum atomic E-state index is 11.9. The van der Waals surface area contributed by atoms with Crippen LogP contribution >= 0.6 is 11.3 Å². The average molecular weight is 232 g/mol. The van der Waals surface area contributed by atoms with Gasteiger partial charge in [0.2, 0.25) is 0 Å². The van der Waals surface area contributed by atoms with Gasteiger partial charge in [-0.2, -0.15) is 0 Å². The number of aromatic nitrogens is 1. The third-order valence-electron chi connectivity index (χ3n) is 2.22. The fourth-order valence-electron chi connectivity index (χ4n) is 1.40. The Morgan fingerprint density at radius 3 is 2.56 bits per heavy atom. The van der Waals surface area contributed by atoms with Crippen molar-refractivity contribution >= 4 is 17.2 Å². The molecule has 0 atom stereocenters. The van der Waals surface area contributed by atoms with Crippen LogP contribution in [0.4, 0.5) is 0 Å². The van der Waals surface area contributed by atoms with E-state index in [9.17, 15) is 4.79 Å². The summed E-state index contributed by atoms with van der Waals surface area (Å²) >= 11 is 1.38. The molecule has 1 amide bonds. The molecule has 0 aliphatic rings. The molecule has 1 aromatic heterocycles. The minimum absolute atomic E-state index is 0.00125. The second kappa shape index (κ2) is 4.45. The predicted octanol–water partition coefficient (Wildman–Crippen LogP) is 2.51. The fourth-order valence-corrected chi connectivity index (χ4v) is 2.23. The molecule has 0 fully saturated rings. The van der Waals surface area contributed by atoms with E-state index in [2.05, 4.69) is 4.98 Å². The van der Waals surface area contributed by atoms with E-state index in [1.54, 1.807) is 24.5 Å². The largest absolute Gasteiger partial charge is 0.344 e. The molecule has 0 radical (unpaired) electrons. The smallest absolute Gasteiger partial charge is 0.265 e. The van der Waals surface area contributed by atoms with E-state index in [4.69, 9.17) is 0 Å². The van der Waals surface area contributed by atoms with Crippen molar-refractivity contribution in [3.8, 4) is 11.3 Å². The molecule has 2 rings (SSSR count). The SMILES string of the molecule is CN(C)C(=O)c1scnc1-c1ccccc1. The molecule has 1 aromatic carbocycles. The molecule has 0 aliphatic carbocycles. The van der Waals surface area contributed by atoms with E-state index in [1.807, 2.05) is 30.3 Å². The van der Waals surface area contributed by atoms with Crippen molar-refractivity contribution in [2.45, 2.75) is 0 Å². The van der Waals surface area contributed by atoms with Crippen LogP contribution in [-0.4, -0.2) is 29.9 Å². The van der Waals surface area contributed by atoms with Gasteiger partial charge in [0.1, 0.15) is 4.88 Å². The zero-order valence-electron chi connectivity index (χ0n) is 9.18. The molecule has 0 spiro atoms. The summed E-state index contributed by atoms with van der Waals surface area (Å²) in [6.45, 7) is 0. The highest BCUT2D eigenvalue weighted by atomic mass is 32.1. The lowest BCUT2D eigenvalue weighted by Crippen LogP contribution is -2.21. The lowest BCUT2D eigenvalue weighted by Gasteiger charge is -2.09. The number of hydrogen-bond acceptors (Lipinski definition) is 3. The van der Waals surface area contributed by atoms with Gasteiger partial charge in [0.05, 0.1) is 11.2 Å². The highest BCUT2D eigenvalue weighted by molar-refractivity contribution is 7.12. The molecule has 0 saturated carbocycles. The van der Waals surface area contributed by atoms with Crippen LogP contribution in [0.5, 0.6) is 0 Å². The molecule has 3 nitrogen and oxygen atoms in total. The Hall–Kier alpha value is -1.68. The summed E-state index contributed by atoms with van der Waals surface area (Å²) in [5.41, 5.74) is 3.46. The van der Waals surface area contributed by atoms with Crippen LogP contribution in [0.2, 0.25) is 0 Å². The molecule has 0 unspecified atom stereocenters. The van der Waals surface area contributed by atoms with E-state index in [1.165, 1.54) is 11.3 Å². The minimum atomic E-state index is 0.00125. The monoisotopic (exact) mass is 232 g/mol. The van der Waals surface area contributed by atoms with Crippen LogP contribution in [0, 0.1) is 0 Å². The fraction of sp³-hybridized carbons (Fsp3) is 0.167. The first-order chi connectivity index (χ1) is 7.70. The summed E-state index contributed by atoms with van der Waals surface area (Å²) in [6.07, 6.45) is 0. The van der Waals surface area contributed by atoms with Crippen molar-refractivity contribution in [3.63, 3.8) is 0 Å². The van der Waals surface area contributed by atoms with Gasteiger partial charge >= 0.3 is 0 Å². The van der Waals surface area contributed by atoms with Gasteiger partial charge in [0.15, 0.2) is 0 Å². The van der Waals surface area contributed by atoms with Crippen LogP contribution in [0.15, 0.2) is 35.8 Å². The topological polar surface area (TPSA) is 33.2 Å². The quantitative estimate of drug-likeness (QED) is 0.797. The third kappa shape index (κ3) is 1.97. The summed E-state index contributed by atoms with van der Waals surface area (Å²) in [5.74, 6) is 0.00125. The van der Waals surface area contributed by atoms with Crippen LogP contribution in [0.1, 0.15) is 9.67 Å². The molecule has 16 heavy (non-hydrogen) atoms. The van der Waals surface area contributed by atoms with Gasteiger partial charge < -0.3 is 4.90 Å². The molecule has 0 N–H and O–H groups in total. The Morgan fingerprint density at radius 2 is 1.94 bits per heavy atom. The summed E-state index contributed by atoms with van der Waals surface area (Å²) in [7, 11) is 3.49. The van der Waals surface area contributed by atoms with Gasteiger partial charge in [-0.15, -0.1) is 11.3 Å². The molecule has 0 bridgehead atoms. The second-order valence-electron chi connectivity index (χ2n) is 3.60. The van der Waals surface area contributed by atoms with Crippen LogP contribution < -0.4 is 0 Å². The first-order valence-corrected chi connectivity index (χ1v) is 5.78. The molecule has 82 valence electrons. The van der Waals surface area contributed by atoms with Crippen molar-refractivity contribution in [3.05, 3.63) is 40.7 Å². The average Bonchev–Trinajstić information content (AvgIpc) is 2.77. The van der Waals surface area contributed by atoms with E-state index in [0.717, 1.165) is 11.3 Å². The van der Waals surface area contributed by atoms with Gasteiger partial charge in [-0.1, -0.05) is 30.3 Å². The maximum absolute atomic E-state index is 11.9. The van der Waals surface area contributed by atoms with Gasteiger partial charge in [-0.3, -0.25) is 4.79 Å². The first-order valence-electron chi connectivity index (χ1n) is 4.90. The third-order valence-corrected chi connectivity index (χ3v) is 3.03. The molecular weight excluding hydrogens is 220 g/mol. The van der Waals surface area contributed by atoms with Crippen molar-refractivity contribution in [2.24, 2.45) is 0 Å². The number of carbonyl (C=O) groups is 1. The number of benzene rings is 1. The Balaban J connectivity index is 2.45. The summed E-state index contributed by atoms with van der Waals surface area (Å²) < 4.78 is 0. The zero-order chi connectivity index (χ0) is 11.5.